The van der Waals surface area contributed by atoms with Gasteiger partial charge in [0.1, 0.15) is 0 Å². The Morgan fingerprint density at radius 3 is 2.89 bits per heavy atom. The third-order valence-electron chi connectivity index (χ3n) is 2.49. The van der Waals surface area contributed by atoms with Crippen molar-refractivity contribution in [2.75, 3.05) is 25.6 Å². The Hall–Kier alpha value is -1.89. The van der Waals surface area contributed by atoms with Gasteiger partial charge in [0, 0.05) is 25.3 Å². The molecule has 0 aromatic carbocycles. The van der Waals surface area contributed by atoms with Crippen molar-refractivity contribution in [3.63, 3.8) is 0 Å². The molecule has 1 atom stereocenters. The number of hydrogen-bond donors (Lipinski definition) is 2. The van der Waals surface area contributed by atoms with Crippen molar-refractivity contribution in [2.24, 2.45) is 5.92 Å². The molecule has 0 bridgehead atoms. The van der Waals surface area contributed by atoms with Crippen LogP contribution in [-0.2, 0) is 0 Å². The summed E-state index contributed by atoms with van der Waals surface area (Å²) >= 11 is 0. The first-order valence-electron chi connectivity index (χ1n) is 5.62. The molecule has 100 valence electrons. The first-order valence-corrected chi connectivity index (χ1v) is 5.62. The molecule has 0 aliphatic carbocycles. The molecule has 1 aromatic heterocycles. The van der Waals surface area contributed by atoms with E-state index in [-0.39, 0.29) is 24.0 Å². The highest BCUT2D eigenvalue weighted by molar-refractivity contribution is 5.57. The van der Waals surface area contributed by atoms with E-state index in [1.807, 2.05) is 6.92 Å². The van der Waals surface area contributed by atoms with Gasteiger partial charge in [-0.3, -0.25) is 10.1 Å². The summed E-state index contributed by atoms with van der Waals surface area (Å²) in [7, 11) is 1.45. The molecule has 2 N–H and O–H groups in total. The maximum atomic E-state index is 10.8. The summed E-state index contributed by atoms with van der Waals surface area (Å²) in [5.74, 6) is 0.699. The molecule has 1 aromatic rings. The van der Waals surface area contributed by atoms with Gasteiger partial charge in [0.05, 0.1) is 12.0 Å². The number of ether oxygens (including phenoxy) is 1. The highest BCUT2D eigenvalue weighted by Crippen LogP contribution is 2.25. The van der Waals surface area contributed by atoms with Crippen LogP contribution in [0.2, 0.25) is 0 Å². The minimum atomic E-state index is -0.495. The smallest absolute Gasteiger partial charge is 0.311 e. The van der Waals surface area contributed by atoms with E-state index in [1.165, 1.54) is 19.2 Å². The fraction of sp³-hybridized carbons (Fsp3) is 0.545. The average Bonchev–Trinajstić information content (AvgIpc) is 2.36. The molecule has 0 spiro atoms. The summed E-state index contributed by atoms with van der Waals surface area (Å²) in [5.41, 5.74) is -0.0907. The maximum Gasteiger partial charge on any atom is 0.311 e. The third-order valence-corrected chi connectivity index (χ3v) is 2.49. The Morgan fingerprint density at radius 2 is 2.33 bits per heavy atom. The van der Waals surface area contributed by atoms with Crippen molar-refractivity contribution in [3.8, 4) is 5.88 Å². The number of aliphatic hydroxyl groups is 1. The first-order chi connectivity index (χ1) is 8.58. The van der Waals surface area contributed by atoms with Crippen LogP contribution >= 0.6 is 0 Å². The number of methoxy groups -OCH3 is 1. The van der Waals surface area contributed by atoms with Gasteiger partial charge in [-0.25, -0.2) is 0 Å². The summed E-state index contributed by atoms with van der Waals surface area (Å²) in [6, 6.07) is 2.80. The van der Waals surface area contributed by atoms with Gasteiger partial charge in [-0.15, -0.1) is 0 Å². The van der Waals surface area contributed by atoms with E-state index in [9.17, 15) is 10.1 Å². The Kier molecular flexibility index (Phi) is 5.31. The summed E-state index contributed by atoms with van der Waals surface area (Å²) < 4.78 is 4.93. The van der Waals surface area contributed by atoms with Gasteiger partial charge in [0.15, 0.2) is 0 Å². The van der Waals surface area contributed by atoms with E-state index in [0.29, 0.717) is 18.8 Å². The number of nitrogens with zero attached hydrogens (tertiary/aromatic N) is 2. The summed E-state index contributed by atoms with van der Waals surface area (Å²) in [6.07, 6.45) is 0.630. The predicted octanol–water partition coefficient (Wildman–Crippen LogP) is 1.43. The Labute approximate surface area is 105 Å². The molecule has 1 rings (SSSR count). The van der Waals surface area contributed by atoms with Crippen molar-refractivity contribution in [3.05, 3.63) is 22.2 Å². The lowest BCUT2D eigenvalue weighted by molar-refractivity contribution is -0.384. The predicted molar refractivity (Wildman–Crippen MR) is 66.8 cm³/mol. The lowest BCUT2D eigenvalue weighted by Gasteiger charge is -2.12. The number of nitrogens with one attached hydrogen (secondary N) is 1. The quantitative estimate of drug-likeness (QED) is 0.565. The van der Waals surface area contributed by atoms with E-state index in [4.69, 9.17) is 9.84 Å². The van der Waals surface area contributed by atoms with E-state index in [1.54, 1.807) is 0 Å². The van der Waals surface area contributed by atoms with Gasteiger partial charge in [-0.05, 0) is 12.3 Å². The van der Waals surface area contributed by atoms with Crippen molar-refractivity contribution in [1.29, 1.82) is 0 Å². The fourth-order valence-electron chi connectivity index (χ4n) is 1.42. The number of pyridine rings is 1. The third kappa shape index (κ3) is 3.85. The van der Waals surface area contributed by atoms with Gasteiger partial charge in [-0.1, -0.05) is 6.92 Å². The van der Waals surface area contributed by atoms with Crippen molar-refractivity contribution < 1.29 is 14.8 Å². The number of aromatic nitrogens is 1. The van der Waals surface area contributed by atoms with E-state index in [0.717, 1.165) is 0 Å². The van der Waals surface area contributed by atoms with Crippen LogP contribution < -0.4 is 10.1 Å². The fourth-order valence-corrected chi connectivity index (χ4v) is 1.42. The topological polar surface area (TPSA) is 97.5 Å². The molecule has 7 heteroatoms. The second-order valence-electron chi connectivity index (χ2n) is 3.98. The van der Waals surface area contributed by atoms with Crippen molar-refractivity contribution in [1.82, 2.24) is 4.98 Å². The standard InChI is InChI=1S/C11H17N3O4/c1-8(5-6-15)7-12-11-9(14(16)17)3-4-10(13-11)18-2/h3-4,8,15H,5-7H2,1-2H3,(H,12,13). The minimum absolute atomic E-state index is 0.0907. The molecule has 1 unspecified atom stereocenters. The molecule has 0 radical (unpaired) electrons. The lowest BCUT2D eigenvalue weighted by atomic mass is 10.1. The van der Waals surface area contributed by atoms with Crippen LogP contribution in [0.25, 0.3) is 0 Å². The molecule has 0 fully saturated rings. The molecule has 0 saturated heterocycles. The second-order valence-corrected chi connectivity index (χ2v) is 3.98. The van der Waals surface area contributed by atoms with Crippen LogP contribution in [0.4, 0.5) is 11.5 Å². The molecule has 0 aliphatic heterocycles. The number of nitro groups is 1. The van der Waals surface area contributed by atoms with Crippen LogP contribution in [0.3, 0.4) is 0 Å². The molecule has 0 aliphatic rings. The van der Waals surface area contributed by atoms with Crippen LogP contribution in [0.15, 0.2) is 12.1 Å². The van der Waals surface area contributed by atoms with E-state index in [2.05, 4.69) is 10.3 Å². The van der Waals surface area contributed by atoms with E-state index < -0.39 is 4.92 Å². The molecule has 1 heterocycles. The summed E-state index contributed by atoms with van der Waals surface area (Å²) in [4.78, 5) is 14.3. The van der Waals surface area contributed by atoms with Gasteiger partial charge < -0.3 is 15.2 Å². The molecule has 0 amide bonds. The highest BCUT2D eigenvalue weighted by Gasteiger charge is 2.16. The number of rotatable bonds is 7. The Morgan fingerprint density at radius 1 is 1.61 bits per heavy atom. The zero-order valence-electron chi connectivity index (χ0n) is 10.4. The average molecular weight is 255 g/mol. The number of anilines is 1. The number of aliphatic hydroxyl groups excluding tert-OH is 1. The SMILES string of the molecule is COc1ccc([N+](=O)[O-])c(NCC(C)CCO)n1. The first kappa shape index (κ1) is 14.2. The largest absolute Gasteiger partial charge is 0.481 e. The maximum absolute atomic E-state index is 10.8. The Bertz CT molecular complexity index is 411. The van der Waals surface area contributed by atoms with Crippen molar-refractivity contribution >= 4 is 11.5 Å². The zero-order chi connectivity index (χ0) is 13.5. The minimum Gasteiger partial charge on any atom is -0.481 e. The monoisotopic (exact) mass is 255 g/mol. The van der Waals surface area contributed by atoms with E-state index >= 15 is 0 Å². The molecule has 0 saturated carbocycles. The van der Waals surface area contributed by atoms with Crippen LogP contribution in [0.5, 0.6) is 5.88 Å². The van der Waals surface area contributed by atoms with Crippen LogP contribution in [0, 0.1) is 16.0 Å². The summed E-state index contributed by atoms with van der Waals surface area (Å²) in [5, 5.41) is 22.5. The van der Waals surface area contributed by atoms with Crippen molar-refractivity contribution in [2.45, 2.75) is 13.3 Å². The summed E-state index contributed by atoms with van der Waals surface area (Å²) in [6.45, 7) is 2.53. The number of hydrogen-bond acceptors (Lipinski definition) is 6. The van der Waals surface area contributed by atoms with Crippen LogP contribution in [0.1, 0.15) is 13.3 Å². The molecular formula is C11H17N3O4. The normalized spacial score (nSPS) is 11.9. The Balaban J connectivity index is 2.80. The van der Waals surface area contributed by atoms with Gasteiger partial charge in [-0.2, -0.15) is 4.98 Å². The highest BCUT2D eigenvalue weighted by atomic mass is 16.6. The molecule has 7 nitrogen and oxygen atoms in total. The van der Waals surface area contributed by atoms with Crippen LogP contribution in [-0.4, -0.2) is 35.3 Å². The van der Waals surface area contributed by atoms with Gasteiger partial charge in [0.2, 0.25) is 11.7 Å². The second kappa shape index (κ2) is 6.75. The molecular weight excluding hydrogens is 238 g/mol. The van der Waals surface area contributed by atoms with Gasteiger partial charge in [0.25, 0.3) is 0 Å². The zero-order valence-corrected chi connectivity index (χ0v) is 10.4. The van der Waals surface area contributed by atoms with Gasteiger partial charge >= 0.3 is 5.69 Å². The molecule has 18 heavy (non-hydrogen) atoms. The lowest BCUT2D eigenvalue weighted by Crippen LogP contribution is -2.14.